The van der Waals surface area contributed by atoms with Gasteiger partial charge in [-0.2, -0.15) is 5.26 Å². The number of benzene rings is 2. The number of hydrogen-bond donors (Lipinski definition) is 1. The molecule has 0 aliphatic carbocycles. The topological polar surface area (TPSA) is 48.7 Å². The molecule has 0 atom stereocenters. The zero-order valence-electron chi connectivity index (χ0n) is 15.2. The molecule has 0 saturated carbocycles. The average molecular weight is 394 g/mol. The molecular formula is C22H20ClN3S. The van der Waals surface area contributed by atoms with Gasteiger partial charge in [0.25, 0.3) is 0 Å². The number of halogens is 1. The van der Waals surface area contributed by atoms with Crippen LogP contribution in [-0.2, 0) is 6.42 Å². The fourth-order valence-electron chi connectivity index (χ4n) is 2.66. The highest BCUT2D eigenvalue weighted by Crippen LogP contribution is 2.27. The van der Waals surface area contributed by atoms with Crippen LogP contribution in [0.3, 0.4) is 0 Å². The van der Waals surface area contributed by atoms with Gasteiger partial charge in [-0.3, -0.25) is 0 Å². The second-order valence-electron chi connectivity index (χ2n) is 6.65. The molecule has 0 spiro atoms. The SMILES string of the molecule is CC(C)Cc1ccc(-c2csc(C(C#N)=CNc3ccc(Cl)cc3)n2)cc1. The lowest BCUT2D eigenvalue weighted by molar-refractivity contribution is 0.647. The molecule has 3 aromatic rings. The maximum atomic E-state index is 9.49. The molecule has 0 fully saturated rings. The molecule has 5 heteroatoms. The summed E-state index contributed by atoms with van der Waals surface area (Å²) in [5.74, 6) is 0.637. The number of nitrogens with one attached hydrogen (secondary N) is 1. The number of allylic oxidation sites excluding steroid dienone is 1. The Labute approximate surface area is 169 Å². The minimum absolute atomic E-state index is 0.498. The summed E-state index contributed by atoms with van der Waals surface area (Å²) in [7, 11) is 0. The van der Waals surface area contributed by atoms with Crippen molar-refractivity contribution in [2.24, 2.45) is 5.92 Å². The number of rotatable bonds is 6. The molecule has 0 radical (unpaired) electrons. The van der Waals surface area contributed by atoms with Crippen molar-refractivity contribution in [3.8, 4) is 17.3 Å². The molecule has 3 nitrogen and oxygen atoms in total. The Morgan fingerprint density at radius 3 is 2.52 bits per heavy atom. The van der Waals surface area contributed by atoms with Crippen molar-refractivity contribution in [2.75, 3.05) is 5.32 Å². The fourth-order valence-corrected chi connectivity index (χ4v) is 3.58. The summed E-state index contributed by atoms with van der Waals surface area (Å²) in [6.07, 6.45) is 2.75. The summed E-state index contributed by atoms with van der Waals surface area (Å²) in [6.45, 7) is 4.43. The molecule has 1 heterocycles. The van der Waals surface area contributed by atoms with Gasteiger partial charge in [0.2, 0.25) is 0 Å². The largest absolute Gasteiger partial charge is 0.360 e. The van der Waals surface area contributed by atoms with Gasteiger partial charge < -0.3 is 5.32 Å². The van der Waals surface area contributed by atoms with E-state index in [1.165, 1.54) is 16.9 Å². The minimum atomic E-state index is 0.498. The van der Waals surface area contributed by atoms with Crippen LogP contribution in [0.5, 0.6) is 0 Å². The van der Waals surface area contributed by atoms with E-state index in [4.69, 9.17) is 11.6 Å². The van der Waals surface area contributed by atoms with Crippen molar-refractivity contribution >= 4 is 34.2 Å². The molecule has 0 aliphatic rings. The zero-order chi connectivity index (χ0) is 19.2. The normalized spacial score (nSPS) is 11.4. The number of anilines is 1. The van der Waals surface area contributed by atoms with E-state index in [1.807, 2.05) is 17.5 Å². The van der Waals surface area contributed by atoms with Crippen LogP contribution >= 0.6 is 22.9 Å². The van der Waals surface area contributed by atoms with Gasteiger partial charge in [-0.1, -0.05) is 49.7 Å². The van der Waals surface area contributed by atoms with E-state index in [9.17, 15) is 5.26 Å². The molecule has 136 valence electrons. The second kappa shape index (κ2) is 8.85. The lowest BCUT2D eigenvalue weighted by Crippen LogP contribution is -1.93. The Kier molecular flexibility index (Phi) is 6.28. The Morgan fingerprint density at radius 1 is 1.19 bits per heavy atom. The minimum Gasteiger partial charge on any atom is -0.360 e. The number of nitrogens with zero attached hydrogens (tertiary/aromatic N) is 2. The van der Waals surface area contributed by atoms with Crippen LogP contribution in [-0.4, -0.2) is 4.98 Å². The molecule has 0 amide bonds. The van der Waals surface area contributed by atoms with E-state index in [0.717, 1.165) is 23.4 Å². The van der Waals surface area contributed by atoms with Gasteiger partial charge in [0.05, 0.1) is 5.69 Å². The number of aromatic nitrogens is 1. The van der Waals surface area contributed by atoms with Crippen LogP contribution in [0.15, 0.2) is 60.1 Å². The molecule has 3 rings (SSSR count). The first-order valence-corrected chi connectivity index (χ1v) is 9.98. The van der Waals surface area contributed by atoms with E-state index in [0.29, 0.717) is 21.5 Å². The summed E-state index contributed by atoms with van der Waals surface area (Å²) < 4.78 is 0. The maximum Gasteiger partial charge on any atom is 0.136 e. The predicted molar refractivity (Wildman–Crippen MR) is 115 cm³/mol. The van der Waals surface area contributed by atoms with Crippen molar-refractivity contribution in [2.45, 2.75) is 20.3 Å². The summed E-state index contributed by atoms with van der Waals surface area (Å²) in [5, 5.41) is 16.0. The highest BCUT2D eigenvalue weighted by Gasteiger charge is 2.09. The van der Waals surface area contributed by atoms with Crippen LogP contribution in [0, 0.1) is 17.2 Å². The summed E-state index contributed by atoms with van der Waals surface area (Å²) in [5.41, 5.74) is 4.64. The Balaban J connectivity index is 1.75. The third kappa shape index (κ3) is 5.19. The molecule has 27 heavy (non-hydrogen) atoms. The zero-order valence-corrected chi connectivity index (χ0v) is 16.8. The third-order valence-corrected chi connectivity index (χ3v) is 5.10. The summed E-state index contributed by atoms with van der Waals surface area (Å²) >= 11 is 7.36. The Bertz CT molecular complexity index is 964. The molecule has 0 unspecified atom stereocenters. The standard InChI is InChI=1S/C22H20ClN3S/c1-15(2)11-16-3-5-17(6-4-16)21-14-27-22(26-21)18(12-24)13-25-20-9-7-19(23)8-10-20/h3-10,13-15,25H,11H2,1-2H3. The Morgan fingerprint density at radius 2 is 1.89 bits per heavy atom. The Hall–Kier alpha value is -2.61. The van der Waals surface area contributed by atoms with Crippen molar-refractivity contribution in [3.05, 3.63) is 75.7 Å². The van der Waals surface area contributed by atoms with Crippen LogP contribution in [0.1, 0.15) is 24.4 Å². The molecule has 1 N–H and O–H groups in total. The van der Waals surface area contributed by atoms with Gasteiger partial charge in [-0.15, -0.1) is 11.3 Å². The van der Waals surface area contributed by atoms with Crippen molar-refractivity contribution in [1.29, 1.82) is 5.26 Å². The van der Waals surface area contributed by atoms with E-state index < -0.39 is 0 Å². The first-order chi connectivity index (χ1) is 13.0. The van der Waals surface area contributed by atoms with Gasteiger partial charge in [0, 0.05) is 27.9 Å². The van der Waals surface area contributed by atoms with E-state index in [-0.39, 0.29) is 0 Å². The van der Waals surface area contributed by atoms with Crippen LogP contribution in [0.2, 0.25) is 5.02 Å². The summed E-state index contributed by atoms with van der Waals surface area (Å²) in [6, 6.07) is 18.0. The molecule has 0 saturated heterocycles. The predicted octanol–water partition coefficient (Wildman–Crippen LogP) is 6.64. The van der Waals surface area contributed by atoms with Gasteiger partial charge >= 0.3 is 0 Å². The first kappa shape index (κ1) is 19.2. The highest BCUT2D eigenvalue weighted by molar-refractivity contribution is 7.11. The van der Waals surface area contributed by atoms with Crippen molar-refractivity contribution in [1.82, 2.24) is 4.98 Å². The lowest BCUT2D eigenvalue weighted by Gasteiger charge is -2.05. The number of hydrogen-bond acceptors (Lipinski definition) is 4. The van der Waals surface area contributed by atoms with Crippen molar-refractivity contribution < 1.29 is 0 Å². The highest BCUT2D eigenvalue weighted by atomic mass is 35.5. The smallest absolute Gasteiger partial charge is 0.136 e. The monoisotopic (exact) mass is 393 g/mol. The van der Waals surface area contributed by atoms with Crippen LogP contribution in [0.25, 0.3) is 16.8 Å². The number of thiazole rings is 1. The lowest BCUT2D eigenvalue weighted by atomic mass is 10.0. The van der Waals surface area contributed by atoms with Crippen LogP contribution in [0.4, 0.5) is 5.69 Å². The number of nitriles is 1. The molecular weight excluding hydrogens is 374 g/mol. The van der Waals surface area contributed by atoms with E-state index in [2.05, 4.69) is 54.5 Å². The van der Waals surface area contributed by atoms with E-state index in [1.54, 1.807) is 18.3 Å². The average Bonchev–Trinajstić information content (AvgIpc) is 3.14. The van der Waals surface area contributed by atoms with Gasteiger partial charge in [0.1, 0.15) is 16.6 Å². The molecule has 0 aliphatic heterocycles. The molecule has 0 bridgehead atoms. The van der Waals surface area contributed by atoms with Crippen LogP contribution < -0.4 is 5.32 Å². The van der Waals surface area contributed by atoms with E-state index >= 15 is 0 Å². The summed E-state index contributed by atoms with van der Waals surface area (Å²) in [4.78, 5) is 4.64. The van der Waals surface area contributed by atoms with Gasteiger partial charge in [-0.05, 0) is 42.2 Å². The third-order valence-electron chi connectivity index (χ3n) is 3.98. The van der Waals surface area contributed by atoms with Gasteiger partial charge in [-0.25, -0.2) is 4.98 Å². The first-order valence-electron chi connectivity index (χ1n) is 8.72. The fraction of sp³-hybridized carbons (Fsp3) is 0.182. The molecule has 1 aromatic heterocycles. The second-order valence-corrected chi connectivity index (χ2v) is 7.95. The molecule has 2 aromatic carbocycles. The maximum absolute atomic E-state index is 9.49. The van der Waals surface area contributed by atoms with Crippen molar-refractivity contribution in [3.63, 3.8) is 0 Å². The van der Waals surface area contributed by atoms with Gasteiger partial charge in [0.15, 0.2) is 0 Å². The quantitative estimate of drug-likeness (QED) is 0.477.